The van der Waals surface area contributed by atoms with Crippen LogP contribution in [0.4, 0.5) is 0 Å². The van der Waals surface area contributed by atoms with Crippen LogP contribution in [0.2, 0.25) is 0 Å². The first-order chi connectivity index (χ1) is 9.28. The highest BCUT2D eigenvalue weighted by Crippen LogP contribution is 2.35. The van der Waals surface area contributed by atoms with Gasteiger partial charge in [-0.2, -0.15) is 4.98 Å². The van der Waals surface area contributed by atoms with Crippen LogP contribution in [0.1, 0.15) is 35.8 Å². The van der Waals surface area contributed by atoms with E-state index in [9.17, 15) is 0 Å². The fourth-order valence-electron chi connectivity index (χ4n) is 2.07. The van der Waals surface area contributed by atoms with Gasteiger partial charge in [-0.3, -0.25) is 0 Å². The summed E-state index contributed by atoms with van der Waals surface area (Å²) in [5.74, 6) is 4.21. The van der Waals surface area contributed by atoms with Crippen molar-refractivity contribution in [3.63, 3.8) is 0 Å². The fourth-order valence-corrected chi connectivity index (χ4v) is 2.07. The van der Waals surface area contributed by atoms with Crippen molar-refractivity contribution in [1.29, 1.82) is 0 Å². The predicted molar refractivity (Wildman–Crippen MR) is 68.2 cm³/mol. The highest BCUT2D eigenvalue weighted by atomic mass is 16.5. The topological polar surface area (TPSA) is 74.2 Å². The molecule has 5 nitrogen and oxygen atoms in total. The van der Waals surface area contributed by atoms with Crippen molar-refractivity contribution in [3.05, 3.63) is 41.5 Å². The van der Waals surface area contributed by atoms with Crippen LogP contribution in [0.15, 0.2) is 28.8 Å². The van der Waals surface area contributed by atoms with Gasteiger partial charge < -0.3 is 15.0 Å². The normalized spacial score (nSPS) is 18.4. The van der Waals surface area contributed by atoms with Crippen LogP contribution in [0, 0.1) is 12.3 Å². The molecule has 2 N–H and O–H groups in total. The molecule has 1 aromatic carbocycles. The molecule has 5 heteroatoms. The third kappa shape index (κ3) is 2.18. The molecule has 0 amide bonds. The number of rotatable bonds is 3. The molecule has 1 aliphatic rings. The first kappa shape index (κ1) is 11.8. The van der Waals surface area contributed by atoms with Crippen molar-refractivity contribution in [2.45, 2.75) is 25.0 Å². The van der Waals surface area contributed by atoms with Crippen LogP contribution in [0.3, 0.4) is 0 Å². The molecule has 0 saturated heterocycles. The first-order valence-electron chi connectivity index (χ1n) is 6.05. The highest BCUT2D eigenvalue weighted by Gasteiger charge is 2.28. The van der Waals surface area contributed by atoms with E-state index in [0.717, 1.165) is 17.7 Å². The van der Waals surface area contributed by atoms with Crippen molar-refractivity contribution >= 4 is 0 Å². The lowest BCUT2D eigenvalue weighted by Crippen LogP contribution is -2.11. The average molecular weight is 255 g/mol. The number of fused-ring (bicyclic) bond motifs is 1. The van der Waals surface area contributed by atoms with E-state index in [4.69, 9.17) is 21.4 Å². The SMILES string of the molecule is C#CCC(N)c1nc(C2Cc3ccccc3O2)no1. The lowest BCUT2D eigenvalue weighted by Gasteiger charge is -2.04. The molecule has 3 rings (SSSR count). The van der Waals surface area contributed by atoms with Gasteiger partial charge in [0.25, 0.3) is 0 Å². The van der Waals surface area contributed by atoms with Crippen molar-refractivity contribution in [3.8, 4) is 18.1 Å². The monoisotopic (exact) mass is 255 g/mol. The smallest absolute Gasteiger partial charge is 0.244 e. The minimum Gasteiger partial charge on any atom is -0.482 e. The maximum Gasteiger partial charge on any atom is 0.244 e. The van der Waals surface area contributed by atoms with Crippen molar-refractivity contribution < 1.29 is 9.26 Å². The Hall–Kier alpha value is -2.32. The van der Waals surface area contributed by atoms with Crippen LogP contribution in [-0.2, 0) is 6.42 Å². The Kier molecular flexibility index (Phi) is 2.94. The summed E-state index contributed by atoms with van der Waals surface area (Å²) in [6, 6.07) is 7.46. The summed E-state index contributed by atoms with van der Waals surface area (Å²) in [6.07, 6.45) is 6.10. The molecule has 2 atom stereocenters. The third-order valence-electron chi connectivity index (χ3n) is 3.05. The van der Waals surface area contributed by atoms with Gasteiger partial charge in [0.1, 0.15) is 5.75 Å². The molecule has 19 heavy (non-hydrogen) atoms. The molecule has 0 saturated carbocycles. The van der Waals surface area contributed by atoms with Crippen LogP contribution in [0.25, 0.3) is 0 Å². The summed E-state index contributed by atoms with van der Waals surface area (Å²) in [4.78, 5) is 4.27. The van der Waals surface area contributed by atoms with E-state index in [1.807, 2.05) is 24.3 Å². The van der Waals surface area contributed by atoms with E-state index >= 15 is 0 Å². The lowest BCUT2D eigenvalue weighted by molar-refractivity contribution is 0.220. The second-order valence-electron chi connectivity index (χ2n) is 4.42. The number of aromatic nitrogens is 2. The van der Waals surface area contributed by atoms with Crippen LogP contribution < -0.4 is 10.5 Å². The number of hydrogen-bond donors (Lipinski definition) is 1. The zero-order valence-electron chi connectivity index (χ0n) is 10.2. The van der Waals surface area contributed by atoms with E-state index in [-0.39, 0.29) is 6.10 Å². The van der Waals surface area contributed by atoms with Gasteiger partial charge in [0.2, 0.25) is 11.7 Å². The zero-order chi connectivity index (χ0) is 13.2. The first-order valence-corrected chi connectivity index (χ1v) is 6.05. The molecule has 0 spiro atoms. The molecule has 1 aromatic heterocycles. The number of benzene rings is 1. The quantitative estimate of drug-likeness (QED) is 0.846. The number of hydrogen-bond acceptors (Lipinski definition) is 5. The maximum absolute atomic E-state index is 5.82. The Morgan fingerprint density at radius 1 is 1.47 bits per heavy atom. The van der Waals surface area contributed by atoms with Gasteiger partial charge in [-0.05, 0) is 11.6 Å². The van der Waals surface area contributed by atoms with Gasteiger partial charge in [-0.15, -0.1) is 12.3 Å². The van der Waals surface area contributed by atoms with E-state index in [1.54, 1.807) is 0 Å². The highest BCUT2D eigenvalue weighted by molar-refractivity contribution is 5.37. The molecule has 0 aliphatic carbocycles. The Labute approximate surface area is 110 Å². The molecule has 2 aromatic rings. The van der Waals surface area contributed by atoms with Gasteiger partial charge in [0.15, 0.2) is 6.10 Å². The van der Waals surface area contributed by atoms with Crippen molar-refractivity contribution in [2.24, 2.45) is 5.73 Å². The molecule has 2 heterocycles. The maximum atomic E-state index is 5.82. The molecule has 2 unspecified atom stereocenters. The van der Waals surface area contributed by atoms with Crippen LogP contribution >= 0.6 is 0 Å². The Morgan fingerprint density at radius 2 is 2.32 bits per heavy atom. The van der Waals surface area contributed by atoms with Gasteiger partial charge in [-0.25, -0.2) is 0 Å². The number of para-hydroxylation sites is 1. The minimum atomic E-state index is -0.421. The Bertz CT molecular complexity index is 605. The largest absolute Gasteiger partial charge is 0.482 e. The van der Waals surface area contributed by atoms with E-state index in [0.29, 0.717) is 18.1 Å². The average Bonchev–Trinajstić information content (AvgIpc) is 3.05. The van der Waals surface area contributed by atoms with Crippen LogP contribution in [0.5, 0.6) is 5.75 Å². The Balaban J connectivity index is 1.77. The molecule has 96 valence electrons. The molecule has 0 fully saturated rings. The summed E-state index contributed by atoms with van der Waals surface area (Å²) in [6.45, 7) is 0. The van der Waals surface area contributed by atoms with Gasteiger partial charge in [0, 0.05) is 12.8 Å². The molecular weight excluding hydrogens is 242 g/mol. The molecule has 1 aliphatic heterocycles. The van der Waals surface area contributed by atoms with Gasteiger partial charge in [-0.1, -0.05) is 23.4 Å². The van der Waals surface area contributed by atoms with Crippen molar-refractivity contribution in [1.82, 2.24) is 10.1 Å². The summed E-state index contributed by atoms with van der Waals surface area (Å²) in [7, 11) is 0. The number of nitrogens with zero attached hydrogens (tertiary/aromatic N) is 2. The van der Waals surface area contributed by atoms with Crippen LogP contribution in [-0.4, -0.2) is 10.1 Å². The Morgan fingerprint density at radius 3 is 3.11 bits per heavy atom. The lowest BCUT2D eigenvalue weighted by atomic mass is 10.1. The summed E-state index contributed by atoms with van der Waals surface area (Å²) >= 11 is 0. The third-order valence-corrected chi connectivity index (χ3v) is 3.05. The molecule has 0 radical (unpaired) electrons. The number of nitrogens with two attached hydrogens (primary N) is 1. The van der Waals surface area contributed by atoms with E-state index in [1.165, 1.54) is 0 Å². The van der Waals surface area contributed by atoms with Gasteiger partial charge in [0.05, 0.1) is 6.04 Å². The fraction of sp³-hybridized carbons (Fsp3) is 0.286. The molecular formula is C14H13N3O2. The standard InChI is InChI=1S/C14H13N3O2/c1-2-5-10(15)14-16-13(17-19-14)12-8-9-6-3-4-7-11(9)18-12/h1,3-4,6-7,10,12H,5,8,15H2. The second-order valence-corrected chi connectivity index (χ2v) is 4.42. The zero-order valence-corrected chi connectivity index (χ0v) is 10.2. The summed E-state index contributed by atoms with van der Waals surface area (Å²) < 4.78 is 10.9. The second kappa shape index (κ2) is 4.75. The summed E-state index contributed by atoms with van der Waals surface area (Å²) in [5, 5.41) is 3.92. The van der Waals surface area contributed by atoms with Crippen molar-refractivity contribution in [2.75, 3.05) is 0 Å². The van der Waals surface area contributed by atoms with E-state index in [2.05, 4.69) is 16.1 Å². The molecule has 0 bridgehead atoms. The minimum absolute atomic E-state index is 0.215. The number of terminal acetylenes is 1. The summed E-state index contributed by atoms with van der Waals surface area (Å²) in [5.41, 5.74) is 6.97. The van der Waals surface area contributed by atoms with Gasteiger partial charge >= 0.3 is 0 Å². The van der Waals surface area contributed by atoms with E-state index < -0.39 is 6.04 Å². The number of ether oxygens (including phenoxy) is 1. The predicted octanol–water partition coefficient (Wildman–Crippen LogP) is 1.77.